The number of amides is 1. The molecule has 2 aromatic rings. The first-order chi connectivity index (χ1) is 9.54. The minimum absolute atomic E-state index is 0.0340. The molecule has 0 saturated carbocycles. The van der Waals surface area contributed by atoms with Crippen LogP contribution in [0, 0.1) is 0 Å². The molecule has 2 heterocycles. The van der Waals surface area contributed by atoms with E-state index in [2.05, 4.69) is 10.5 Å². The number of hydrogen-bond acceptors (Lipinski definition) is 5. The second-order valence-electron chi connectivity index (χ2n) is 4.31. The number of nitrogens with zero attached hydrogens (tertiary/aromatic N) is 1. The monoisotopic (exact) mass is 292 g/mol. The minimum Gasteiger partial charge on any atom is -0.479 e. The van der Waals surface area contributed by atoms with Gasteiger partial charge in [0.05, 0.1) is 5.69 Å². The van der Waals surface area contributed by atoms with Crippen LogP contribution in [0.1, 0.15) is 17.5 Å². The molecule has 0 saturated heterocycles. The maximum absolute atomic E-state index is 11.6. The van der Waals surface area contributed by atoms with Crippen molar-refractivity contribution in [2.75, 3.05) is 5.32 Å². The number of carbonyl (C=O) groups excluding carboxylic acids is 2. The molecule has 1 amide bonds. The molecule has 102 valence electrons. The molecule has 1 aromatic carbocycles. The first-order valence-electron chi connectivity index (χ1n) is 5.83. The van der Waals surface area contributed by atoms with Crippen molar-refractivity contribution in [2.24, 2.45) is 0 Å². The Morgan fingerprint density at radius 1 is 1.40 bits per heavy atom. The summed E-state index contributed by atoms with van der Waals surface area (Å²) in [7, 11) is 0. The van der Waals surface area contributed by atoms with E-state index in [1.807, 2.05) is 0 Å². The maximum atomic E-state index is 11.6. The van der Waals surface area contributed by atoms with Crippen LogP contribution in [-0.2, 0) is 4.79 Å². The average Bonchev–Trinajstić information content (AvgIpc) is 2.89. The Hall–Kier alpha value is -2.34. The maximum Gasteiger partial charge on any atom is 0.290 e. The van der Waals surface area contributed by atoms with Crippen LogP contribution in [0.5, 0.6) is 5.75 Å². The van der Waals surface area contributed by atoms with E-state index >= 15 is 0 Å². The van der Waals surface area contributed by atoms with Gasteiger partial charge in [0.15, 0.2) is 6.10 Å². The number of anilines is 1. The molecule has 0 aliphatic carbocycles. The van der Waals surface area contributed by atoms with Crippen molar-refractivity contribution in [3.63, 3.8) is 0 Å². The highest BCUT2D eigenvalue weighted by atomic mass is 35.5. The number of carbonyl (C=O) groups is 2. The first-order valence-corrected chi connectivity index (χ1v) is 6.21. The van der Waals surface area contributed by atoms with Crippen molar-refractivity contribution < 1.29 is 18.8 Å². The lowest BCUT2D eigenvalue weighted by Crippen LogP contribution is -2.34. The summed E-state index contributed by atoms with van der Waals surface area (Å²) in [4.78, 5) is 22.5. The van der Waals surface area contributed by atoms with Crippen molar-refractivity contribution in [1.82, 2.24) is 5.16 Å². The van der Waals surface area contributed by atoms with E-state index in [1.165, 1.54) is 6.07 Å². The Kier molecular flexibility index (Phi) is 2.94. The lowest BCUT2D eigenvalue weighted by atomic mass is 10.1. The number of hydrogen-bond donors (Lipinski definition) is 1. The van der Waals surface area contributed by atoms with E-state index in [1.54, 1.807) is 25.1 Å². The predicted octanol–water partition coefficient (Wildman–Crippen LogP) is 2.44. The van der Waals surface area contributed by atoms with Crippen molar-refractivity contribution in [3.05, 3.63) is 30.0 Å². The van der Waals surface area contributed by atoms with Gasteiger partial charge in [-0.3, -0.25) is 9.59 Å². The molecule has 0 spiro atoms. The van der Waals surface area contributed by atoms with E-state index in [-0.39, 0.29) is 11.7 Å². The normalized spacial score (nSPS) is 17.1. The number of ether oxygens (including phenoxy) is 1. The fraction of sp³-hybridized carbons (Fsp3) is 0.154. The van der Waals surface area contributed by atoms with E-state index in [4.69, 9.17) is 20.9 Å². The molecule has 0 radical (unpaired) electrons. The van der Waals surface area contributed by atoms with Crippen LogP contribution in [0.25, 0.3) is 11.3 Å². The van der Waals surface area contributed by atoms with Crippen molar-refractivity contribution in [3.8, 4) is 17.0 Å². The van der Waals surface area contributed by atoms with Crippen molar-refractivity contribution >= 4 is 28.4 Å². The van der Waals surface area contributed by atoms with Crippen LogP contribution in [-0.4, -0.2) is 22.4 Å². The molecular formula is C13H9ClN2O4. The highest BCUT2D eigenvalue weighted by Gasteiger charge is 2.24. The summed E-state index contributed by atoms with van der Waals surface area (Å²) in [5.74, 6) is 0.331. The van der Waals surface area contributed by atoms with Crippen LogP contribution in [0.15, 0.2) is 28.8 Å². The zero-order valence-electron chi connectivity index (χ0n) is 10.3. The summed E-state index contributed by atoms with van der Waals surface area (Å²) in [6, 6.07) is 6.60. The van der Waals surface area contributed by atoms with Crippen LogP contribution in [0.3, 0.4) is 0 Å². The zero-order valence-corrected chi connectivity index (χ0v) is 11.1. The quantitative estimate of drug-likeness (QED) is 0.860. The number of fused-ring (bicyclic) bond motifs is 1. The Balaban J connectivity index is 1.97. The second-order valence-corrected chi connectivity index (χ2v) is 4.65. The van der Waals surface area contributed by atoms with Gasteiger partial charge < -0.3 is 14.6 Å². The van der Waals surface area contributed by atoms with Gasteiger partial charge in [0, 0.05) is 11.6 Å². The van der Waals surface area contributed by atoms with Gasteiger partial charge in [-0.05, 0) is 36.7 Å². The van der Waals surface area contributed by atoms with E-state index in [0.717, 1.165) is 0 Å². The van der Waals surface area contributed by atoms with Crippen LogP contribution in [0.4, 0.5) is 5.69 Å². The van der Waals surface area contributed by atoms with Gasteiger partial charge in [0.2, 0.25) is 5.76 Å². The number of nitrogens with one attached hydrogen (secondary N) is 1. The third-order valence-electron chi connectivity index (χ3n) is 2.91. The Labute approximate surface area is 118 Å². The summed E-state index contributed by atoms with van der Waals surface area (Å²) in [6.45, 7) is 1.67. The summed E-state index contributed by atoms with van der Waals surface area (Å²) < 4.78 is 10.3. The summed E-state index contributed by atoms with van der Waals surface area (Å²) in [6.07, 6.45) is -0.527. The minimum atomic E-state index is -0.716. The molecule has 0 bridgehead atoms. The summed E-state index contributed by atoms with van der Waals surface area (Å²) in [5.41, 5.74) is 1.67. The fourth-order valence-electron chi connectivity index (χ4n) is 1.87. The Bertz CT molecular complexity index is 710. The van der Waals surface area contributed by atoms with E-state index in [9.17, 15) is 9.59 Å². The molecule has 1 aliphatic heterocycles. The molecule has 3 rings (SSSR count). The highest BCUT2D eigenvalue weighted by Crippen LogP contribution is 2.33. The number of halogens is 1. The smallest absolute Gasteiger partial charge is 0.290 e. The first kappa shape index (κ1) is 12.7. The highest BCUT2D eigenvalue weighted by molar-refractivity contribution is 6.67. The predicted molar refractivity (Wildman–Crippen MR) is 70.8 cm³/mol. The molecule has 7 heteroatoms. The average molecular weight is 293 g/mol. The molecule has 20 heavy (non-hydrogen) atoms. The van der Waals surface area contributed by atoms with Crippen LogP contribution < -0.4 is 10.1 Å². The van der Waals surface area contributed by atoms with Crippen molar-refractivity contribution in [1.29, 1.82) is 0 Å². The van der Waals surface area contributed by atoms with Gasteiger partial charge in [-0.2, -0.15) is 0 Å². The summed E-state index contributed by atoms with van der Waals surface area (Å²) >= 11 is 5.30. The number of benzene rings is 1. The summed E-state index contributed by atoms with van der Waals surface area (Å²) in [5, 5.41) is 5.78. The SMILES string of the molecule is CC1Oc2ccc(-c3cc(C(=O)Cl)on3)cc2NC1=O. The molecule has 1 N–H and O–H groups in total. The fourth-order valence-corrected chi connectivity index (χ4v) is 1.96. The molecule has 0 fully saturated rings. The number of rotatable bonds is 2. The largest absolute Gasteiger partial charge is 0.479 e. The van der Waals surface area contributed by atoms with Gasteiger partial charge in [-0.25, -0.2) is 0 Å². The van der Waals surface area contributed by atoms with E-state index < -0.39 is 11.3 Å². The van der Waals surface area contributed by atoms with Gasteiger partial charge >= 0.3 is 0 Å². The Morgan fingerprint density at radius 3 is 2.90 bits per heavy atom. The third-order valence-corrected chi connectivity index (χ3v) is 3.10. The second kappa shape index (κ2) is 4.64. The van der Waals surface area contributed by atoms with Crippen molar-refractivity contribution in [2.45, 2.75) is 13.0 Å². The van der Waals surface area contributed by atoms with Gasteiger partial charge in [-0.1, -0.05) is 5.16 Å². The van der Waals surface area contributed by atoms with Gasteiger partial charge in [0.1, 0.15) is 11.4 Å². The molecule has 1 unspecified atom stereocenters. The Morgan fingerprint density at radius 2 is 2.20 bits per heavy atom. The lowest BCUT2D eigenvalue weighted by molar-refractivity contribution is -0.122. The zero-order chi connectivity index (χ0) is 14.3. The number of aromatic nitrogens is 1. The molecule has 1 aliphatic rings. The third kappa shape index (κ3) is 2.14. The molecule has 1 atom stereocenters. The van der Waals surface area contributed by atoms with Crippen LogP contribution in [0.2, 0.25) is 0 Å². The standard InChI is InChI=1S/C13H9ClN2O4/c1-6-13(18)15-9-4-7(2-3-10(9)19-6)8-5-11(12(14)17)20-16-8/h2-6H,1H3,(H,15,18). The molecular weight excluding hydrogens is 284 g/mol. The topological polar surface area (TPSA) is 81.4 Å². The van der Waals surface area contributed by atoms with Gasteiger partial charge in [0.25, 0.3) is 11.1 Å². The molecule has 6 nitrogen and oxygen atoms in total. The van der Waals surface area contributed by atoms with Crippen LogP contribution >= 0.6 is 11.6 Å². The van der Waals surface area contributed by atoms with Gasteiger partial charge in [-0.15, -0.1) is 0 Å². The lowest BCUT2D eigenvalue weighted by Gasteiger charge is -2.23. The van der Waals surface area contributed by atoms with E-state index in [0.29, 0.717) is 22.7 Å². The molecule has 1 aromatic heterocycles.